The summed E-state index contributed by atoms with van der Waals surface area (Å²) in [7, 11) is 1.69. The largest absolute Gasteiger partial charge is 0.497 e. The van der Waals surface area contributed by atoms with Gasteiger partial charge in [-0.15, -0.1) is 0 Å². The summed E-state index contributed by atoms with van der Waals surface area (Å²) in [6, 6.07) is 10.5. The summed E-state index contributed by atoms with van der Waals surface area (Å²) in [5.74, 6) is 0.893. The Labute approximate surface area is 120 Å². The quantitative estimate of drug-likeness (QED) is 0.841. The van der Waals surface area contributed by atoms with Gasteiger partial charge in [0.2, 0.25) is 0 Å². The highest BCUT2D eigenvalue weighted by Gasteiger charge is 2.12. The van der Waals surface area contributed by atoms with Crippen LogP contribution in [0.4, 0.5) is 0 Å². The molecule has 106 valence electrons. The topological polar surface area (TPSA) is 47.0 Å². The van der Waals surface area contributed by atoms with Crippen LogP contribution in [0.5, 0.6) is 5.75 Å². The normalized spacial score (nSPS) is 12.1. The predicted octanol–water partition coefficient (Wildman–Crippen LogP) is 2.77. The van der Waals surface area contributed by atoms with Crippen molar-refractivity contribution in [2.45, 2.75) is 25.8 Å². The van der Waals surface area contributed by atoms with Gasteiger partial charge in [-0.2, -0.15) is 10.2 Å². The fourth-order valence-corrected chi connectivity index (χ4v) is 2.17. The minimum absolute atomic E-state index is 0.248. The van der Waals surface area contributed by atoms with Crippen molar-refractivity contribution in [2.24, 2.45) is 0 Å². The van der Waals surface area contributed by atoms with Crippen LogP contribution in [-0.2, 0) is 6.42 Å². The van der Waals surface area contributed by atoms with Crippen LogP contribution in [0, 0.1) is 0 Å². The van der Waals surface area contributed by atoms with E-state index in [2.05, 4.69) is 34.6 Å². The second kappa shape index (κ2) is 7.60. The molecule has 0 bridgehead atoms. The van der Waals surface area contributed by atoms with Gasteiger partial charge >= 0.3 is 0 Å². The Morgan fingerprint density at radius 2 is 2.15 bits per heavy atom. The van der Waals surface area contributed by atoms with Crippen LogP contribution >= 0.6 is 0 Å². The molecule has 0 aliphatic carbocycles. The molecule has 2 rings (SSSR count). The molecule has 1 atom stereocenters. The molecular formula is C16H21N3O. The van der Waals surface area contributed by atoms with Crippen LogP contribution in [0.3, 0.4) is 0 Å². The molecule has 0 aliphatic rings. The second-order valence-corrected chi connectivity index (χ2v) is 4.74. The molecule has 20 heavy (non-hydrogen) atoms. The van der Waals surface area contributed by atoms with Crippen molar-refractivity contribution in [1.82, 2.24) is 15.5 Å². The highest BCUT2D eigenvalue weighted by molar-refractivity contribution is 5.30. The van der Waals surface area contributed by atoms with E-state index in [1.54, 1.807) is 13.3 Å². The van der Waals surface area contributed by atoms with Crippen molar-refractivity contribution in [1.29, 1.82) is 0 Å². The third kappa shape index (κ3) is 4.03. The Kier molecular flexibility index (Phi) is 5.50. The number of hydrogen-bond donors (Lipinski definition) is 1. The lowest BCUT2D eigenvalue weighted by atomic mass is 10.0. The van der Waals surface area contributed by atoms with Crippen molar-refractivity contribution in [3.63, 3.8) is 0 Å². The van der Waals surface area contributed by atoms with Crippen LogP contribution in [0.1, 0.15) is 30.5 Å². The summed E-state index contributed by atoms with van der Waals surface area (Å²) in [4.78, 5) is 0. The minimum Gasteiger partial charge on any atom is -0.497 e. The monoisotopic (exact) mass is 271 g/mol. The highest BCUT2D eigenvalue weighted by atomic mass is 16.5. The van der Waals surface area contributed by atoms with Gasteiger partial charge in [-0.05, 0) is 48.7 Å². The van der Waals surface area contributed by atoms with Gasteiger partial charge in [0.15, 0.2) is 0 Å². The highest BCUT2D eigenvalue weighted by Crippen LogP contribution is 2.20. The Balaban J connectivity index is 2.14. The molecule has 4 heteroatoms. The Morgan fingerprint density at radius 1 is 1.25 bits per heavy atom. The summed E-state index contributed by atoms with van der Waals surface area (Å²) in [6.45, 7) is 3.15. The van der Waals surface area contributed by atoms with E-state index in [0.29, 0.717) is 0 Å². The molecule has 4 nitrogen and oxygen atoms in total. The van der Waals surface area contributed by atoms with E-state index in [-0.39, 0.29) is 6.04 Å². The molecule has 0 saturated carbocycles. The Hall–Kier alpha value is -1.94. The van der Waals surface area contributed by atoms with Crippen molar-refractivity contribution < 1.29 is 4.74 Å². The first-order valence-corrected chi connectivity index (χ1v) is 6.96. The van der Waals surface area contributed by atoms with Gasteiger partial charge in [-0.3, -0.25) is 0 Å². The molecule has 0 aliphatic heterocycles. The molecule has 1 aromatic carbocycles. The van der Waals surface area contributed by atoms with Crippen LogP contribution in [-0.4, -0.2) is 23.9 Å². The fourth-order valence-electron chi connectivity index (χ4n) is 2.17. The molecule has 0 radical (unpaired) electrons. The second-order valence-electron chi connectivity index (χ2n) is 4.74. The van der Waals surface area contributed by atoms with E-state index >= 15 is 0 Å². The standard InChI is InChI=1S/C16H21N3O/c1-3-8-17-16(14-7-9-18-19-12-14)11-13-5-4-6-15(10-13)20-2/h4-7,9-10,12,16-17H,3,8,11H2,1-2H3. The molecule has 0 amide bonds. The number of rotatable bonds is 7. The lowest BCUT2D eigenvalue weighted by Crippen LogP contribution is -2.24. The average Bonchev–Trinajstić information content (AvgIpc) is 2.52. The summed E-state index contributed by atoms with van der Waals surface area (Å²) in [5.41, 5.74) is 2.41. The SMILES string of the molecule is CCCNC(Cc1cccc(OC)c1)c1ccnnc1. The third-order valence-electron chi connectivity index (χ3n) is 3.22. The number of nitrogens with one attached hydrogen (secondary N) is 1. The number of aromatic nitrogens is 2. The number of nitrogens with zero attached hydrogens (tertiary/aromatic N) is 2. The first-order valence-electron chi connectivity index (χ1n) is 6.96. The van der Waals surface area contributed by atoms with E-state index in [1.165, 1.54) is 5.56 Å². The maximum atomic E-state index is 5.28. The molecule has 0 fully saturated rings. The van der Waals surface area contributed by atoms with E-state index in [0.717, 1.165) is 30.7 Å². The van der Waals surface area contributed by atoms with E-state index in [9.17, 15) is 0 Å². The number of benzene rings is 1. The van der Waals surface area contributed by atoms with Gasteiger partial charge in [0.1, 0.15) is 5.75 Å². The van der Waals surface area contributed by atoms with Crippen molar-refractivity contribution in [3.8, 4) is 5.75 Å². The van der Waals surface area contributed by atoms with Crippen molar-refractivity contribution in [3.05, 3.63) is 53.9 Å². The van der Waals surface area contributed by atoms with Crippen LogP contribution < -0.4 is 10.1 Å². The molecule has 1 N–H and O–H groups in total. The molecule has 1 aromatic heterocycles. The average molecular weight is 271 g/mol. The van der Waals surface area contributed by atoms with Gasteiger partial charge in [-0.1, -0.05) is 19.1 Å². The molecule has 1 heterocycles. The smallest absolute Gasteiger partial charge is 0.119 e. The van der Waals surface area contributed by atoms with Gasteiger partial charge in [0, 0.05) is 12.2 Å². The molecule has 0 saturated heterocycles. The van der Waals surface area contributed by atoms with Gasteiger partial charge in [0.05, 0.1) is 13.3 Å². The van der Waals surface area contributed by atoms with Crippen LogP contribution in [0.15, 0.2) is 42.7 Å². The summed E-state index contributed by atoms with van der Waals surface area (Å²) >= 11 is 0. The van der Waals surface area contributed by atoms with Crippen molar-refractivity contribution >= 4 is 0 Å². The van der Waals surface area contributed by atoms with E-state index in [4.69, 9.17) is 4.74 Å². The minimum atomic E-state index is 0.248. The van der Waals surface area contributed by atoms with Gasteiger partial charge < -0.3 is 10.1 Å². The van der Waals surface area contributed by atoms with E-state index in [1.807, 2.05) is 24.4 Å². The number of methoxy groups -OCH3 is 1. The van der Waals surface area contributed by atoms with Gasteiger partial charge in [-0.25, -0.2) is 0 Å². The first kappa shape index (κ1) is 14.5. The number of ether oxygens (including phenoxy) is 1. The van der Waals surface area contributed by atoms with E-state index < -0.39 is 0 Å². The first-order chi connectivity index (χ1) is 9.83. The Bertz CT molecular complexity index is 516. The number of hydrogen-bond acceptors (Lipinski definition) is 4. The maximum Gasteiger partial charge on any atom is 0.119 e. The van der Waals surface area contributed by atoms with Gasteiger partial charge in [0.25, 0.3) is 0 Å². The summed E-state index contributed by atoms with van der Waals surface area (Å²) in [5, 5.41) is 11.4. The lowest BCUT2D eigenvalue weighted by molar-refractivity contribution is 0.413. The third-order valence-corrected chi connectivity index (χ3v) is 3.22. The van der Waals surface area contributed by atoms with Crippen LogP contribution in [0.2, 0.25) is 0 Å². The fraction of sp³-hybridized carbons (Fsp3) is 0.375. The molecule has 2 aromatic rings. The van der Waals surface area contributed by atoms with Crippen molar-refractivity contribution in [2.75, 3.05) is 13.7 Å². The molecular weight excluding hydrogens is 250 g/mol. The maximum absolute atomic E-state index is 5.28. The molecule has 0 spiro atoms. The zero-order chi connectivity index (χ0) is 14.2. The van der Waals surface area contributed by atoms with Crippen LogP contribution in [0.25, 0.3) is 0 Å². The lowest BCUT2D eigenvalue weighted by Gasteiger charge is -2.18. The predicted molar refractivity (Wildman–Crippen MR) is 79.8 cm³/mol. The molecule has 1 unspecified atom stereocenters. The Morgan fingerprint density at radius 3 is 2.85 bits per heavy atom. The zero-order valence-corrected chi connectivity index (χ0v) is 12.0. The summed E-state index contributed by atoms with van der Waals surface area (Å²) < 4.78 is 5.28. The summed E-state index contributed by atoms with van der Waals surface area (Å²) in [6.07, 6.45) is 5.57. The zero-order valence-electron chi connectivity index (χ0n) is 12.0.